The Morgan fingerprint density at radius 3 is 0.906 bits per heavy atom. The van der Waals surface area contributed by atoms with Crippen LogP contribution in [-0.4, -0.2) is 50.0 Å². The summed E-state index contributed by atoms with van der Waals surface area (Å²) in [6, 6.07) is 17.2. The molecule has 6 nitrogen and oxygen atoms in total. The first-order valence-corrected chi connectivity index (χ1v) is 12.8. The summed E-state index contributed by atoms with van der Waals surface area (Å²) in [7, 11) is 6.56. The first-order chi connectivity index (χ1) is 15.5. The minimum Gasteiger partial charge on any atom is -0.493 e. The third-order valence-corrected chi connectivity index (χ3v) is 10.6. The molecule has 3 aromatic carbocycles. The van der Waals surface area contributed by atoms with E-state index in [2.05, 4.69) is 0 Å². The number of halogens is 1. The van der Waals surface area contributed by atoms with Crippen LogP contribution in [0.15, 0.2) is 54.6 Å². The van der Waals surface area contributed by atoms with Gasteiger partial charge in [0.25, 0.3) is 0 Å². The summed E-state index contributed by atoms with van der Waals surface area (Å²) in [6.07, 6.45) is 0. The Kier molecular flexibility index (Phi) is 7.43. The predicted molar refractivity (Wildman–Crippen MR) is 129 cm³/mol. The summed E-state index contributed by atoms with van der Waals surface area (Å²) < 4.78 is 32.9. The summed E-state index contributed by atoms with van der Waals surface area (Å²) >= 11 is 7.64. The van der Waals surface area contributed by atoms with Crippen LogP contribution in [0.4, 0.5) is 0 Å². The van der Waals surface area contributed by atoms with Crippen LogP contribution in [-0.2, 0) is 0 Å². The number of rotatable bonds is 9. The molecule has 32 heavy (non-hydrogen) atoms. The van der Waals surface area contributed by atoms with Crippen LogP contribution >= 0.6 is 11.1 Å². The van der Waals surface area contributed by atoms with E-state index in [1.807, 2.05) is 54.6 Å². The number of hydrogen-bond donors (Lipinski definition) is 0. The molecule has 0 saturated heterocycles. The molecule has 3 rings (SSSR count). The van der Waals surface area contributed by atoms with Gasteiger partial charge in [-0.1, -0.05) is 18.2 Å². The zero-order chi connectivity index (χ0) is 23.3. The van der Waals surface area contributed by atoms with Gasteiger partial charge < -0.3 is 28.4 Å². The average Bonchev–Trinajstić information content (AvgIpc) is 2.86. The van der Waals surface area contributed by atoms with Crippen molar-refractivity contribution >= 4 is 34.0 Å². The van der Waals surface area contributed by atoms with Crippen LogP contribution in [0.1, 0.15) is 0 Å². The molecule has 3 aromatic rings. The van der Waals surface area contributed by atoms with Crippen LogP contribution in [0.2, 0.25) is 0 Å². The second-order valence-corrected chi connectivity index (χ2v) is 11.6. The van der Waals surface area contributed by atoms with Gasteiger partial charge in [0.05, 0.1) is 42.7 Å². The molecule has 0 amide bonds. The van der Waals surface area contributed by atoms with Gasteiger partial charge in [0.1, 0.15) is 0 Å². The highest BCUT2D eigenvalue weighted by Gasteiger charge is 2.40. The lowest BCUT2D eigenvalue weighted by molar-refractivity contribution is 0.355. The van der Waals surface area contributed by atoms with Gasteiger partial charge in [-0.3, -0.25) is 0 Å². The third-order valence-electron chi connectivity index (χ3n) is 5.34. The lowest BCUT2D eigenvalue weighted by Crippen LogP contribution is -2.62. The van der Waals surface area contributed by atoms with Crippen molar-refractivity contribution in [2.24, 2.45) is 0 Å². The first kappa shape index (κ1) is 23.6. The Morgan fingerprint density at radius 2 is 0.688 bits per heavy atom. The normalized spacial score (nSPS) is 11.0. The number of ether oxygens (including phenoxy) is 6. The highest BCUT2D eigenvalue weighted by Crippen LogP contribution is 2.31. The minimum atomic E-state index is -3.06. The van der Waals surface area contributed by atoms with Crippen molar-refractivity contribution in [1.82, 2.24) is 0 Å². The molecular formula is C24H27ClO6Si. The third kappa shape index (κ3) is 4.18. The highest BCUT2D eigenvalue weighted by atomic mass is 35.6. The predicted octanol–water partition coefficient (Wildman–Crippen LogP) is 2.94. The van der Waals surface area contributed by atoms with Crippen molar-refractivity contribution in [3.63, 3.8) is 0 Å². The smallest absolute Gasteiger partial charge is 0.248 e. The molecule has 0 N–H and O–H groups in total. The Bertz CT molecular complexity index is 953. The molecule has 0 bridgehead atoms. The van der Waals surface area contributed by atoms with Crippen molar-refractivity contribution in [1.29, 1.82) is 0 Å². The van der Waals surface area contributed by atoms with E-state index in [-0.39, 0.29) is 0 Å². The maximum Gasteiger partial charge on any atom is 0.248 e. The van der Waals surface area contributed by atoms with Gasteiger partial charge in [0.15, 0.2) is 34.5 Å². The quantitative estimate of drug-likeness (QED) is 0.270. The van der Waals surface area contributed by atoms with E-state index in [1.165, 1.54) is 0 Å². The van der Waals surface area contributed by atoms with E-state index >= 15 is 0 Å². The topological polar surface area (TPSA) is 55.4 Å². The molecule has 0 atom stereocenters. The van der Waals surface area contributed by atoms with Gasteiger partial charge in [-0.15, -0.1) is 11.1 Å². The molecule has 0 heterocycles. The number of hydrogen-bond acceptors (Lipinski definition) is 6. The van der Waals surface area contributed by atoms with Crippen molar-refractivity contribution in [2.75, 3.05) is 42.7 Å². The van der Waals surface area contributed by atoms with E-state index in [0.717, 1.165) is 15.6 Å². The number of methoxy groups -OCH3 is 6. The van der Waals surface area contributed by atoms with Crippen LogP contribution in [0, 0.1) is 0 Å². The fraction of sp³-hybridized carbons (Fsp3) is 0.250. The molecule has 0 aliphatic rings. The highest BCUT2D eigenvalue weighted by molar-refractivity contribution is 7.40. The van der Waals surface area contributed by atoms with Crippen LogP contribution < -0.4 is 44.0 Å². The molecule has 170 valence electrons. The van der Waals surface area contributed by atoms with E-state index < -0.39 is 7.38 Å². The van der Waals surface area contributed by atoms with E-state index in [4.69, 9.17) is 39.5 Å². The summed E-state index contributed by atoms with van der Waals surface area (Å²) in [5.41, 5.74) is 0. The van der Waals surface area contributed by atoms with E-state index in [9.17, 15) is 0 Å². The maximum absolute atomic E-state index is 7.64. The first-order valence-electron chi connectivity index (χ1n) is 9.83. The fourth-order valence-electron chi connectivity index (χ4n) is 3.65. The summed E-state index contributed by atoms with van der Waals surface area (Å²) in [6.45, 7) is 0. The monoisotopic (exact) mass is 474 g/mol. The molecule has 0 fully saturated rings. The Labute approximate surface area is 194 Å². The fourth-order valence-corrected chi connectivity index (χ4v) is 7.64. The molecule has 0 unspecified atom stereocenters. The van der Waals surface area contributed by atoms with Crippen molar-refractivity contribution in [3.05, 3.63) is 54.6 Å². The van der Waals surface area contributed by atoms with Crippen molar-refractivity contribution in [3.8, 4) is 34.5 Å². The summed E-state index contributed by atoms with van der Waals surface area (Å²) in [5, 5.41) is 2.74. The SMILES string of the molecule is COc1ccc([Si](Cl)(c2ccc(OC)c(OC)c2)c2ccc(OC)c(OC)c2)cc1OC. The lowest BCUT2D eigenvalue weighted by Gasteiger charge is -2.28. The zero-order valence-corrected chi connectivity index (χ0v) is 20.8. The molecule has 8 heteroatoms. The van der Waals surface area contributed by atoms with Crippen molar-refractivity contribution < 1.29 is 28.4 Å². The molecule has 0 aliphatic heterocycles. The molecule has 0 aliphatic carbocycles. The molecule has 0 spiro atoms. The Balaban J connectivity index is 2.32. The van der Waals surface area contributed by atoms with Crippen LogP contribution in [0.3, 0.4) is 0 Å². The summed E-state index contributed by atoms with van der Waals surface area (Å²) in [4.78, 5) is 0. The maximum atomic E-state index is 7.64. The van der Waals surface area contributed by atoms with Gasteiger partial charge in [-0.2, -0.15) is 0 Å². The van der Waals surface area contributed by atoms with Gasteiger partial charge in [0.2, 0.25) is 7.38 Å². The van der Waals surface area contributed by atoms with Crippen molar-refractivity contribution in [2.45, 2.75) is 0 Å². The molecule has 0 radical (unpaired) electrons. The second-order valence-electron chi connectivity index (χ2n) is 6.87. The minimum absolute atomic E-state index is 0.600. The standard InChI is InChI=1S/C24H27ClO6Si/c1-26-19-10-7-16(13-22(19)29-4)32(25,17-8-11-20(27-2)23(14-17)30-5)18-9-12-21(28-3)24(15-18)31-6/h7-15H,1-6H3. The largest absolute Gasteiger partial charge is 0.493 e. The second kappa shape index (κ2) is 10.1. The number of benzene rings is 3. The average molecular weight is 475 g/mol. The molecule has 0 aromatic heterocycles. The van der Waals surface area contributed by atoms with Gasteiger partial charge >= 0.3 is 0 Å². The summed E-state index contributed by atoms with van der Waals surface area (Å²) in [5.74, 6) is 3.69. The van der Waals surface area contributed by atoms with Gasteiger partial charge in [-0.05, 0) is 52.0 Å². The lowest BCUT2D eigenvalue weighted by atomic mass is 10.3. The Hall–Kier alpha value is -3.03. The Morgan fingerprint density at radius 1 is 0.438 bits per heavy atom. The van der Waals surface area contributed by atoms with E-state index in [0.29, 0.717) is 34.5 Å². The van der Waals surface area contributed by atoms with Crippen LogP contribution in [0.25, 0.3) is 0 Å². The molecular weight excluding hydrogens is 448 g/mol. The zero-order valence-electron chi connectivity index (χ0n) is 19.0. The van der Waals surface area contributed by atoms with Gasteiger partial charge in [-0.25, -0.2) is 0 Å². The van der Waals surface area contributed by atoms with Gasteiger partial charge in [0, 0.05) is 0 Å². The van der Waals surface area contributed by atoms with Crippen LogP contribution in [0.5, 0.6) is 34.5 Å². The van der Waals surface area contributed by atoms with E-state index in [1.54, 1.807) is 42.7 Å². The molecule has 0 saturated carbocycles.